The van der Waals surface area contributed by atoms with Crippen LogP contribution in [0.5, 0.6) is 0 Å². The Morgan fingerprint density at radius 1 is 1.22 bits per heavy atom. The zero-order valence-corrected chi connectivity index (χ0v) is 13.1. The van der Waals surface area contributed by atoms with Gasteiger partial charge in [0, 0.05) is 17.3 Å². The summed E-state index contributed by atoms with van der Waals surface area (Å²) in [6, 6.07) is 13.1. The second kappa shape index (κ2) is 6.20. The van der Waals surface area contributed by atoms with Gasteiger partial charge in [0.1, 0.15) is 0 Å². The normalized spacial score (nSPS) is 18.6. The Labute approximate surface area is 126 Å². The van der Waals surface area contributed by atoms with Crippen LogP contribution in [0.2, 0.25) is 0 Å². The molecule has 0 fully saturated rings. The first-order valence-electron chi connectivity index (χ1n) is 5.88. The molecule has 0 aliphatic carbocycles. The van der Waals surface area contributed by atoms with Crippen LogP contribution in [0.1, 0.15) is 21.9 Å². The quantitative estimate of drug-likeness (QED) is 0.817. The second-order valence-electron chi connectivity index (χ2n) is 4.36. The van der Waals surface area contributed by atoms with E-state index in [0.29, 0.717) is 5.92 Å². The lowest BCUT2D eigenvalue weighted by atomic mass is 9.95. The molecule has 0 spiro atoms. The predicted octanol–water partition coefficient (Wildman–Crippen LogP) is 4.21. The Balaban J connectivity index is 0.00000120. The minimum absolute atomic E-state index is 0. The molecule has 0 radical (unpaired) electrons. The van der Waals surface area contributed by atoms with Gasteiger partial charge in [-0.3, -0.25) is 0 Å². The standard InChI is InChI=1S/C14H14BrNS.ClH/c15-13-8-11-6-7-16-9-12(14(11)17-13)10-4-2-1-3-5-10;/h1-5,8,12,16H,6-7,9H2;1H. The third kappa shape index (κ3) is 2.80. The van der Waals surface area contributed by atoms with E-state index in [4.69, 9.17) is 0 Å². The fraction of sp³-hybridized carbons (Fsp3) is 0.286. The van der Waals surface area contributed by atoms with Crippen molar-refractivity contribution in [2.75, 3.05) is 13.1 Å². The van der Waals surface area contributed by atoms with Gasteiger partial charge in [0.25, 0.3) is 0 Å². The molecule has 0 amide bonds. The van der Waals surface area contributed by atoms with E-state index in [9.17, 15) is 0 Å². The molecule has 1 atom stereocenters. The number of hydrogen-bond donors (Lipinski definition) is 1. The molecule has 96 valence electrons. The summed E-state index contributed by atoms with van der Waals surface area (Å²) >= 11 is 5.50. The molecule has 1 aliphatic heterocycles. The second-order valence-corrected chi connectivity index (χ2v) is 6.82. The van der Waals surface area contributed by atoms with Crippen LogP contribution in [0.15, 0.2) is 40.2 Å². The van der Waals surface area contributed by atoms with E-state index in [1.807, 2.05) is 11.3 Å². The summed E-state index contributed by atoms with van der Waals surface area (Å²) in [6.45, 7) is 2.13. The first-order valence-corrected chi connectivity index (χ1v) is 7.49. The molecule has 0 saturated carbocycles. The van der Waals surface area contributed by atoms with Crippen LogP contribution in [0, 0.1) is 0 Å². The van der Waals surface area contributed by atoms with E-state index in [1.165, 1.54) is 19.8 Å². The Bertz CT molecular complexity index is 512. The van der Waals surface area contributed by atoms with Crippen molar-refractivity contribution in [2.24, 2.45) is 0 Å². The average Bonchev–Trinajstić information content (AvgIpc) is 2.61. The van der Waals surface area contributed by atoms with Gasteiger partial charge in [0.05, 0.1) is 3.79 Å². The fourth-order valence-corrected chi connectivity index (χ4v) is 4.28. The maximum atomic E-state index is 3.62. The van der Waals surface area contributed by atoms with Gasteiger partial charge >= 0.3 is 0 Å². The van der Waals surface area contributed by atoms with Crippen LogP contribution in [-0.4, -0.2) is 13.1 Å². The number of hydrogen-bond acceptors (Lipinski definition) is 2. The van der Waals surface area contributed by atoms with Crippen LogP contribution >= 0.6 is 39.7 Å². The molecular weight excluding hydrogens is 330 g/mol. The summed E-state index contributed by atoms with van der Waals surface area (Å²) in [6.07, 6.45) is 1.14. The third-order valence-corrected chi connectivity index (χ3v) is 5.04. The van der Waals surface area contributed by atoms with Crippen LogP contribution in [-0.2, 0) is 6.42 Å². The molecule has 1 aromatic heterocycles. The summed E-state index contributed by atoms with van der Waals surface area (Å²) < 4.78 is 1.25. The van der Waals surface area contributed by atoms with Crippen molar-refractivity contribution in [3.8, 4) is 0 Å². The van der Waals surface area contributed by atoms with Crippen LogP contribution in [0.3, 0.4) is 0 Å². The molecule has 0 saturated heterocycles. The van der Waals surface area contributed by atoms with E-state index in [-0.39, 0.29) is 12.4 Å². The van der Waals surface area contributed by atoms with Gasteiger partial charge in [-0.2, -0.15) is 0 Å². The molecule has 2 aromatic rings. The van der Waals surface area contributed by atoms with Crippen molar-refractivity contribution in [1.82, 2.24) is 5.32 Å². The van der Waals surface area contributed by atoms with Crippen molar-refractivity contribution < 1.29 is 0 Å². The molecule has 0 bridgehead atoms. The summed E-state index contributed by atoms with van der Waals surface area (Å²) in [7, 11) is 0. The number of rotatable bonds is 1. The van der Waals surface area contributed by atoms with E-state index in [0.717, 1.165) is 19.5 Å². The monoisotopic (exact) mass is 343 g/mol. The van der Waals surface area contributed by atoms with E-state index in [1.54, 1.807) is 0 Å². The van der Waals surface area contributed by atoms with Gasteiger partial charge in [-0.1, -0.05) is 30.3 Å². The third-order valence-electron chi connectivity index (χ3n) is 3.25. The summed E-state index contributed by atoms with van der Waals surface area (Å²) in [5.74, 6) is 0.505. The highest BCUT2D eigenvalue weighted by molar-refractivity contribution is 9.11. The minimum Gasteiger partial charge on any atom is -0.315 e. The lowest BCUT2D eigenvalue weighted by Crippen LogP contribution is -2.20. The zero-order chi connectivity index (χ0) is 11.7. The van der Waals surface area contributed by atoms with Crippen LogP contribution in [0.25, 0.3) is 0 Å². The average molecular weight is 345 g/mol. The summed E-state index contributed by atoms with van der Waals surface area (Å²) in [4.78, 5) is 1.52. The van der Waals surface area contributed by atoms with Gasteiger partial charge in [-0.25, -0.2) is 0 Å². The summed E-state index contributed by atoms with van der Waals surface area (Å²) in [5.41, 5.74) is 2.92. The molecular formula is C14H15BrClNS. The number of halogens is 2. The fourth-order valence-electron chi connectivity index (χ4n) is 2.42. The highest BCUT2D eigenvalue weighted by Gasteiger charge is 2.22. The minimum atomic E-state index is 0. The molecule has 18 heavy (non-hydrogen) atoms. The molecule has 1 nitrogen and oxygen atoms in total. The predicted molar refractivity (Wildman–Crippen MR) is 84.1 cm³/mol. The topological polar surface area (TPSA) is 12.0 Å². The summed E-state index contributed by atoms with van der Waals surface area (Å²) in [5, 5.41) is 3.54. The van der Waals surface area contributed by atoms with Crippen molar-refractivity contribution in [2.45, 2.75) is 12.3 Å². The molecule has 4 heteroatoms. The van der Waals surface area contributed by atoms with Gasteiger partial charge < -0.3 is 5.32 Å². The van der Waals surface area contributed by atoms with E-state index < -0.39 is 0 Å². The maximum Gasteiger partial charge on any atom is 0.0704 e. The van der Waals surface area contributed by atoms with Gasteiger partial charge in [0.2, 0.25) is 0 Å². The highest BCUT2D eigenvalue weighted by Crippen LogP contribution is 2.37. The van der Waals surface area contributed by atoms with Gasteiger partial charge in [-0.15, -0.1) is 23.7 Å². The first kappa shape index (κ1) is 14.1. The Hall–Kier alpha value is -0.350. The van der Waals surface area contributed by atoms with Crippen LogP contribution in [0.4, 0.5) is 0 Å². The lowest BCUT2D eigenvalue weighted by molar-refractivity contribution is 0.668. The zero-order valence-electron chi connectivity index (χ0n) is 9.86. The Morgan fingerprint density at radius 3 is 2.78 bits per heavy atom. The number of benzene rings is 1. The van der Waals surface area contributed by atoms with Crippen molar-refractivity contribution in [3.05, 3.63) is 56.2 Å². The van der Waals surface area contributed by atoms with Crippen molar-refractivity contribution >= 4 is 39.7 Å². The Kier molecular flexibility index (Phi) is 4.84. The first-order chi connectivity index (χ1) is 8.34. The molecule has 3 rings (SSSR count). The maximum absolute atomic E-state index is 3.62. The molecule has 2 heterocycles. The van der Waals surface area contributed by atoms with Crippen LogP contribution < -0.4 is 5.32 Å². The molecule has 1 unspecified atom stereocenters. The number of thiophene rings is 1. The number of nitrogens with one attached hydrogen (secondary N) is 1. The van der Waals surface area contributed by atoms with E-state index >= 15 is 0 Å². The highest BCUT2D eigenvalue weighted by atomic mass is 79.9. The largest absolute Gasteiger partial charge is 0.315 e. The van der Waals surface area contributed by atoms with Gasteiger partial charge in [0.15, 0.2) is 0 Å². The smallest absolute Gasteiger partial charge is 0.0704 e. The Morgan fingerprint density at radius 2 is 2.00 bits per heavy atom. The lowest BCUT2D eigenvalue weighted by Gasteiger charge is -2.15. The van der Waals surface area contributed by atoms with Crippen molar-refractivity contribution in [1.29, 1.82) is 0 Å². The molecule has 1 N–H and O–H groups in total. The van der Waals surface area contributed by atoms with E-state index in [2.05, 4.69) is 57.6 Å². The van der Waals surface area contributed by atoms with Gasteiger partial charge in [-0.05, 0) is 46.1 Å². The molecule has 1 aliphatic rings. The SMILES string of the molecule is Brc1cc2c(s1)C(c1ccccc1)CNCC2.Cl. The van der Waals surface area contributed by atoms with Crippen molar-refractivity contribution in [3.63, 3.8) is 0 Å². The molecule has 1 aromatic carbocycles. The number of fused-ring (bicyclic) bond motifs is 1.